The molecular weight excluding hydrogens is 244 g/mol. The fraction of sp³-hybridized carbons (Fsp3) is 0.444. The molecule has 0 spiro atoms. The van der Waals surface area contributed by atoms with E-state index in [9.17, 15) is 0 Å². The number of benzene rings is 1. The molecule has 1 aromatic rings. The maximum absolute atomic E-state index is 4.09. The Kier molecular flexibility index (Phi) is 7.10. The van der Waals surface area contributed by atoms with Gasteiger partial charge in [0.15, 0.2) is 0 Å². The van der Waals surface area contributed by atoms with E-state index < -0.39 is 0 Å². The minimum Gasteiger partial charge on any atom is -0.391 e. The van der Waals surface area contributed by atoms with Gasteiger partial charge in [0.05, 0.1) is 0 Å². The lowest BCUT2D eigenvalue weighted by molar-refractivity contribution is 0.518. The normalized spacial score (nSPS) is 11.9. The van der Waals surface area contributed by atoms with Crippen molar-refractivity contribution in [2.45, 2.75) is 45.7 Å². The minimum atomic E-state index is 0.280. The molecule has 0 amide bonds. The van der Waals surface area contributed by atoms with Crippen molar-refractivity contribution in [3.05, 3.63) is 59.8 Å². The van der Waals surface area contributed by atoms with Crippen LogP contribution in [-0.4, -0.2) is 13.1 Å². The number of hydrogen-bond acceptors (Lipinski definition) is 2. The largest absolute Gasteiger partial charge is 0.391 e. The molecule has 1 unspecified atom stereocenters. The first-order chi connectivity index (χ1) is 9.62. The Hall–Kier alpha value is -1.54. The number of rotatable bonds is 9. The zero-order chi connectivity index (χ0) is 15.0. The van der Waals surface area contributed by atoms with E-state index in [1.165, 1.54) is 16.7 Å². The summed E-state index contributed by atoms with van der Waals surface area (Å²) in [4.78, 5) is 0. The summed E-state index contributed by atoms with van der Waals surface area (Å²) < 4.78 is 0. The summed E-state index contributed by atoms with van der Waals surface area (Å²) in [5, 5.41) is 6.76. The van der Waals surface area contributed by atoms with Crippen LogP contribution < -0.4 is 10.6 Å². The molecule has 0 heterocycles. The fourth-order valence-corrected chi connectivity index (χ4v) is 2.23. The molecule has 1 rings (SSSR count). The lowest BCUT2D eigenvalue weighted by Crippen LogP contribution is -2.34. The molecule has 0 saturated heterocycles. The van der Waals surface area contributed by atoms with Crippen molar-refractivity contribution in [3.8, 4) is 0 Å². The van der Waals surface area contributed by atoms with Gasteiger partial charge in [0.25, 0.3) is 0 Å². The summed E-state index contributed by atoms with van der Waals surface area (Å²) in [6.45, 7) is 13.1. The standard InChI is InChI=1S/C18H28N2/c1-6-8-9-18(15(4)19-5)20-13-17-12-16(7-2)11-10-14(17)3/h6,10-12,18-20H,1,4,7-9,13H2,2-3,5H3. The van der Waals surface area contributed by atoms with Crippen molar-refractivity contribution in [1.29, 1.82) is 0 Å². The van der Waals surface area contributed by atoms with Gasteiger partial charge >= 0.3 is 0 Å². The van der Waals surface area contributed by atoms with E-state index in [2.05, 4.69) is 55.8 Å². The third-order valence-corrected chi connectivity index (χ3v) is 3.76. The zero-order valence-electron chi connectivity index (χ0n) is 13.1. The van der Waals surface area contributed by atoms with Crippen LogP contribution in [0.2, 0.25) is 0 Å². The number of nitrogens with one attached hydrogen (secondary N) is 2. The van der Waals surface area contributed by atoms with E-state index in [-0.39, 0.29) is 6.04 Å². The summed E-state index contributed by atoms with van der Waals surface area (Å²) in [5.74, 6) is 0. The van der Waals surface area contributed by atoms with Crippen molar-refractivity contribution in [2.75, 3.05) is 7.05 Å². The third kappa shape index (κ3) is 4.86. The van der Waals surface area contributed by atoms with Crippen LogP contribution in [0.4, 0.5) is 0 Å². The second-order valence-corrected chi connectivity index (χ2v) is 5.19. The van der Waals surface area contributed by atoms with Gasteiger partial charge in [-0.25, -0.2) is 0 Å². The SMILES string of the molecule is C=CCCC(NCc1cc(CC)ccc1C)C(=C)NC. The van der Waals surface area contributed by atoms with Crippen molar-refractivity contribution in [2.24, 2.45) is 0 Å². The zero-order valence-corrected chi connectivity index (χ0v) is 13.1. The van der Waals surface area contributed by atoms with E-state index in [0.717, 1.165) is 31.5 Å². The maximum atomic E-state index is 4.09. The molecule has 2 N–H and O–H groups in total. The lowest BCUT2D eigenvalue weighted by atomic mass is 10.0. The lowest BCUT2D eigenvalue weighted by Gasteiger charge is -2.21. The molecule has 20 heavy (non-hydrogen) atoms. The molecule has 0 aliphatic rings. The predicted molar refractivity (Wildman–Crippen MR) is 88.8 cm³/mol. The van der Waals surface area contributed by atoms with Gasteiger partial charge in [0, 0.05) is 25.3 Å². The monoisotopic (exact) mass is 272 g/mol. The average molecular weight is 272 g/mol. The molecule has 0 radical (unpaired) electrons. The first kappa shape index (κ1) is 16.5. The molecule has 1 atom stereocenters. The van der Waals surface area contributed by atoms with Gasteiger partial charge in [-0.3, -0.25) is 0 Å². The Bertz CT molecular complexity index is 449. The van der Waals surface area contributed by atoms with Crippen molar-refractivity contribution < 1.29 is 0 Å². The summed E-state index contributed by atoms with van der Waals surface area (Å²) in [7, 11) is 1.92. The topological polar surface area (TPSA) is 24.1 Å². The molecule has 2 heteroatoms. The van der Waals surface area contributed by atoms with Gasteiger partial charge in [0.2, 0.25) is 0 Å². The number of aryl methyl sites for hydroxylation is 2. The molecule has 0 aromatic heterocycles. The van der Waals surface area contributed by atoms with E-state index >= 15 is 0 Å². The highest BCUT2D eigenvalue weighted by Gasteiger charge is 2.11. The highest BCUT2D eigenvalue weighted by molar-refractivity contribution is 5.31. The van der Waals surface area contributed by atoms with Crippen LogP contribution in [-0.2, 0) is 13.0 Å². The molecule has 0 aliphatic heterocycles. The molecule has 0 bridgehead atoms. The first-order valence-electron chi connectivity index (χ1n) is 7.41. The Morgan fingerprint density at radius 1 is 1.40 bits per heavy atom. The predicted octanol–water partition coefficient (Wildman–Crippen LogP) is 3.71. The van der Waals surface area contributed by atoms with Crippen LogP contribution >= 0.6 is 0 Å². The fourth-order valence-electron chi connectivity index (χ4n) is 2.23. The molecule has 110 valence electrons. The number of hydrogen-bond donors (Lipinski definition) is 2. The van der Waals surface area contributed by atoms with E-state index in [0.29, 0.717) is 0 Å². The van der Waals surface area contributed by atoms with Gasteiger partial charge in [0.1, 0.15) is 0 Å². The highest BCUT2D eigenvalue weighted by atomic mass is 15.0. The van der Waals surface area contributed by atoms with Gasteiger partial charge < -0.3 is 10.6 Å². The summed E-state index contributed by atoms with van der Waals surface area (Å²) in [6, 6.07) is 7.00. The number of likely N-dealkylation sites (N-methyl/N-ethyl adjacent to an activating group) is 1. The van der Waals surface area contributed by atoms with Crippen LogP contribution in [0.5, 0.6) is 0 Å². The molecule has 0 saturated carbocycles. The van der Waals surface area contributed by atoms with Gasteiger partial charge in [-0.05, 0) is 42.9 Å². The van der Waals surface area contributed by atoms with Crippen LogP contribution in [0, 0.1) is 6.92 Å². The van der Waals surface area contributed by atoms with Gasteiger partial charge in [-0.1, -0.05) is 37.8 Å². The maximum Gasteiger partial charge on any atom is 0.0468 e. The molecule has 1 aromatic carbocycles. The Labute approximate surface area is 124 Å². The van der Waals surface area contributed by atoms with Gasteiger partial charge in [-0.2, -0.15) is 0 Å². The van der Waals surface area contributed by atoms with Crippen molar-refractivity contribution in [1.82, 2.24) is 10.6 Å². The first-order valence-corrected chi connectivity index (χ1v) is 7.41. The molecule has 0 fully saturated rings. The van der Waals surface area contributed by atoms with Crippen LogP contribution in [0.1, 0.15) is 36.5 Å². The summed E-state index contributed by atoms with van der Waals surface area (Å²) in [5.41, 5.74) is 5.14. The molecule has 0 aliphatic carbocycles. The van der Waals surface area contributed by atoms with Gasteiger partial charge in [-0.15, -0.1) is 6.58 Å². The Morgan fingerprint density at radius 2 is 2.15 bits per heavy atom. The third-order valence-electron chi connectivity index (χ3n) is 3.76. The molecular formula is C18H28N2. The minimum absolute atomic E-state index is 0.280. The van der Waals surface area contributed by atoms with E-state index in [1.54, 1.807) is 0 Å². The van der Waals surface area contributed by atoms with Crippen molar-refractivity contribution in [3.63, 3.8) is 0 Å². The second-order valence-electron chi connectivity index (χ2n) is 5.19. The van der Waals surface area contributed by atoms with Crippen LogP contribution in [0.3, 0.4) is 0 Å². The Balaban J connectivity index is 2.70. The van der Waals surface area contributed by atoms with Crippen molar-refractivity contribution >= 4 is 0 Å². The van der Waals surface area contributed by atoms with E-state index in [1.807, 2.05) is 13.1 Å². The average Bonchev–Trinajstić information content (AvgIpc) is 2.48. The Morgan fingerprint density at radius 3 is 2.75 bits per heavy atom. The van der Waals surface area contributed by atoms with E-state index in [4.69, 9.17) is 0 Å². The quantitative estimate of drug-likeness (QED) is 0.670. The number of allylic oxidation sites excluding steroid dienone is 1. The van der Waals surface area contributed by atoms with Crippen LogP contribution in [0.15, 0.2) is 43.1 Å². The molecule has 2 nitrogen and oxygen atoms in total. The second kappa shape index (κ2) is 8.60. The highest BCUT2D eigenvalue weighted by Crippen LogP contribution is 2.13. The smallest absolute Gasteiger partial charge is 0.0468 e. The summed E-state index contributed by atoms with van der Waals surface area (Å²) in [6.07, 6.45) is 5.05. The summed E-state index contributed by atoms with van der Waals surface area (Å²) >= 11 is 0. The van der Waals surface area contributed by atoms with Crippen LogP contribution in [0.25, 0.3) is 0 Å².